The van der Waals surface area contributed by atoms with E-state index in [4.69, 9.17) is 5.73 Å². The van der Waals surface area contributed by atoms with Crippen LogP contribution in [-0.4, -0.2) is 9.97 Å². The molecule has 5 heteroatoms. The Balaban J connectivity index is 1.84. The van der Waals surface area contributed by atoms with Gasteiger partial charge in [0.15, 0.2) is 5.16 Å². The van der Waals surface area contributed by atoms with Crippen molar-refractivity contribution in [1.29, 1.82) is 0 Å². The smallest absolute Gasteiger partial charge is 0.191 e. The number of thioether (sulfide) groups is 1. The molecule has 0 amide bonds. The van der Waals surface area contributed by atoms with E-state index in [1.165, 1.54) is 11.1 Å². The summed E-state index contributed by atoms with van der Waals surface area (Å²) in [5.41, 5.74) is 8.54. The molecule has 1 aromatic carbocycles. The van der Waals surface area contributed by atoms with Gasteiger partial charge in [-0.1, -0.05) is 36.0 Å². The standard InChI is InChI=1S/C14H13N3S2/c1-9-4-2-3-5-10(9)8-19-14-16-12(15)11-6-7-18-13(11)17-14/h2-7H,8H2,1H3,(H2,15,16,17). The van der Waals surface area contributed by atoms with Crippen molar-refractivity contribution in [2.24, 2.45) is 0 Å². The van der Waals surface area contributed by atoms with Crippen LogP contribution in [0.15, 0.2) is 40.9 Å². The molecule has 0 bridgehead atoms. The molecule has 0 radical (unpaired) electrons. The number of aromatic nitrogens is 2. The average molecular weight is 287 g/mol. The van der Waals surface area contributed by atoms with Crippen LogP contribution in [0.3, 0.4) is 0 Å². The van der Waals surface area contributed by atoms with Crippen LogP contribution in [0.1, 0.15) is 11.1 Å². The number of nitrogen functional groups attached to an aromatic ring is 1. The largest absolute Gasteiger partial charge is 0.383 e. The van der Waals surface area contributed by atoms with Crippen molar-refractivity contribution in [2.75, 3.05) is 5.73 Å². The number of anilines is 1. The van der Waals surface area contributed by atoms with Crippen LogP contribution in [-0.2, 0) is 5.75 Å². The van der Waals surface area contributed by atoms with E-state index in [1.807, 2.05) is 11.4 Å². The molecule has 2 N–H and O–H groups in total. The fourth-order valence-electron chi connectivity index (χ4n) is 1.84. The third-order valence-corrected chi connectivity index (χ3v) is 4.65. The van der Waals surface area contributed by atoms with Gasteiger partial charge in [0, 0.05) is 5.75 Å². The van der Waals surface area contributed by atoms with Crippen LogP contribution in [0.5, 0.6) is 0 Å². The van der Waals surface area contributed by atoms with Crippen LogP contribution in [0, 0.1) is 6.92 Å². The Hall–Kier alpha value is -1.59. The molecule has 2 aromatic heterocycles. The summed E-state index contributed by atoms with van der Waals surface area (Å²) in [6.45, 7) is 2.12. The predicted octanol–water partition coefficient (Wildman–Crippen LogP) is 3.87. The predicted molar refractivity (Wildman–Crippen MR) is 82.6 cm³/mol. The van der Waals surface area contributed by atoms with Crippen molar-refractivity contribution in [1.82, 2.24) is 9.97 Å². The van der Waals surface area contributed by atoms with E-state index in [1.54, 1.807) is 23.1 Å². The quantitative estimate of drug-likeness (QED) is 0.587. The molecule has 0 saturated carbocycles. The van der Waals surface area contributed by atoms with Crippen LogP contribution >= 0.6 is 23.1 Å². The minimum Gasteiger partial charge on any atom is -0.383 e. The Morgan fingerprint density at radius 1 is 1.21 bits per heavy atom. The summed E-state index contributed by atoms with van der Waals surface area (Å²) in [5.74, 6) is 1.43. The molecule has 0 fully saturated rings. The van der Waals surface area contributed by atoms with E-state index >= 15 is 0 Å². The van der Waals surface area contributed by atoms with Gasteiger partial charge < -0.3 is 5.73 Å². The van der Waals surface area contributed by atoms with Gasteiger partial charge >= 0.3 is 0 Å². The lowest BCUT2D eigenvalue weighted by Crippen LogP contribution is -1.95. The van der Waals surface area contributed by atoms with Crippen LogP contribution in [0.4, 0.5) is 5.82 Å². The van der Waals surface area contributed by atoms with E-state index in [0.29, 0.717) is 5.82 Å². The van der Waals surface area contributed by atoms with Gasteiger partial charge in [0.05, 0.1) is 5.39 Å². The molecule has 0 aliphatic rings. The lowest BCUT2D eigenvalue weighted by atomic mass is 10.1. The maximum Gasteiger partial charge on any atom is 0.191 e. The molecule has 0 aliphatic carbocycles. The second-order valence-corrected chi connectivity index (χ2v) is 6.08. The van der Waals surface area contributed by atoms with E-state index in [0.717, 1.165) is 21.1 Å². The minimum atomic E-state index is 0.568. The number of fused-ring (bicyclic) bond motifs is 1. The van der Waals surface area contributed by atoms with Gasteiger partial charge in [0.2, 0.25) is 0 Å². The van der Waals surface area contributed by atoms with Crippen molar-refractivity contribution in [3.05, 3.63) is 46.8 Å². The number of hydrogen-bond donors (Lipinski definition) is 1. The highest BCUT2D eigenvalue weighted by molar-refractivity contribution is 7.98. The molecule has 96 valence electrons. The van der Waals surface area contributed by atoms with E-state index in [2.05, 4.69) is 41.2 Å². The van der Waals surface area contributed by atoms with Crippen LogP contribution < -0.4 is 5.73 Å². The number of aryl methyl sites for hydroxylation is 1. The zero-order valence-electron chi connectivity index (χ0n) is 10.5. The number of hydrogen-bond acceptors (Lipinski definition) is 5. The zero-order valence-corrected chi connectivity index (χ0v) is 12.1. The Kier molecular flexibility index (Phi) is 3.40. The molecule has 2 heterocycles. The summed E-state index contributed by atoms with van der Waals surface area (Å²) in [4.78, 5) is 9.84. The minimum absolute atomic E-state index is 0.568. The highest BCUT2D eigenvalue weighted by Gasteiger charge is 2.07. The van der Waals surface area contributed by atoms with Crippen molar-refractivity contribution in [3.63, 3.8) is 0 Å². The second-order valence-electron chi connectivity index (χ2n) is 4.25. The normalized spacial score (nSPS) is 11.0. The van der Waals surface area contributed by atoms with Crippen LogP contribution in [0.25, 0.3) is 10.2 Å². The third kappa shape index (κ3) is 2.57. The van der Waals surface area contributed by atoms with Gasteiger partial charge in [-0.15, -0.1) is 11.3 Å². The first-order valence-electron chi connectivity index (χ1n) is 5.92. The third-order valence-electron chi connectivity index (χ3n) is 2.95. The Morgan fingerprint density at radius 3 is 2.89 bits per heavy atom. The summed E-state index contributed by atoms with van der Waals surface area (Å²) >= 11 is 3.22. The lowest BCUT2D eigenvalue weighted by molar-refractivity contribution is 1.02. The van der Waals surface area contributed by atoms with E-state index in [9.17, 15) is 0 Å². The number of rotatable bonds is 3. The Bertz CT molecular complexity index is 722. The first kappa shape index (κ1) is 12.4. The SMILES string of the molecule is Cc1ccccc1CSc1nc(N)c2ccsc2n1. The van der Waals surface area contributed by atoms with Crippen molar-refractivity contribution >= 4 is 39.1 Å². The molecule has 0 saturated heterocycles. The highest BCUT2D eigenvalue weighted by Crippen LogP contribution is 2.28. The van der Waals surface area contributed by atoms with Gasteiger partial charge in [-0.25, -0.2) is 9.97 Å². The Morgan fingerprint density at radius 2 is 2.05 bits per heavy atom. The molecule has 3 nitrogen and oxygen atoms in total. The number of nitrogens with zero attached hydrogens (tertiary/aromatic N) is 2. The summed E-state index contributed by atoms with van der Waals surface area (Å²) in [6.07, 6.45) is 0. The first-order chi connectivity index (χ1) is 9.24. The van der Waals surface area contributed by atoms with Gasteiger partial charge in [0.25, 0.3) is 0 Å². The molecular weight excluding hydrogens is 274 g/mol. The maximum atomic E-state index is 5.94. The lowest BCUT2D eigenvalue weighted by Gasteiger charge is -2.05. The molecule has 3 rings (SSSR count). The molecule has 19 heavy (non-hydrogen) atoms. The van der Waals surface area contributed by atoms with Crippen molar-refractivity contribution in [3.8, 4) is 0 Å². The Labute approximate surface area is 119 Å². The molecule has 0 unspecified atom stereocenters. The number of nitrogens with two attached hydrogens (primary N) is 1. The first-order valence-corrected chi connectivity index (χ1v) is 7.78. The van der Waals surface area contributed by atoms with Crippen molar-refractivity contribution < 1.29 is 0 Å². The zero-order chi connectivity index (χ0) is 13.2. The number of benzene rings is 1. The van der Waals surface area contributed by atoms with Gasteiger partial charge in [-0.3, -0.25) is 0 Å². The fraction of sp³-hybridized carbons (Fsp3) is 0.143. The molecule has 0 atom stereocenters. The topological polar surface area (TPSA) is 51.8 Å². The van der Waals surface area contributed by atoms with Gasteiger partial charge in [-0.05, 0) is 29.5 Å². The van der Waals surface area contributed by atoms with E-state index < -0.39 is 0 Å². The maximum absolute atomic E-state index is 5.94. The highest BCUT2D eigenvalue weighted by atomic mass is 32.2. The monoisotopic (exact) mass is 287 g/mol. The fourth-order valence-corrected chi connectivity index (χ4v) is 3.59. The summed E-state index contributed by atoms with van der Waals surface area (Å²) in [6, 6.07) is 10.3. The van der Waals surface area contributed by atoms with Gasteiger partial charge in [-0.2, -0.15) is 0 Å². The van der Waals surface area contributed by atoms with Crippen molar-refractivity contribution in [2.45, 2.75) is 17.8 Å². The molecule has 0 spiro atoms. The molecular formula is C14H13N3S2. The summed E-state index contributed by atoms with van der Waals surface area (Å²) in [5, 5.41) is 3.69. The molecule has 0 aliphatic heterocycles. The number of thiophene rings is 1. The van der Waals surface area contributed by atoms with E-state index in [-0.39, 0.29) is 0 Å². The second kappa shape index (κ2) is 5.19. The summed E-state index contributed by atoms with van der Waals surface area (Å²) in [7, 11) is 0. The summed E-state index contributed by atoms with van der Waals surface area (Å²) < 4.78 is 0. The van der Waals surface area contributed by atoms with Crippen LogP contribution in [0.2, 0.25) is 0 Å². The molecule has 3 aromatic rings. The average Bonchev–Trinajstić information content (AvgIpc) is 2.87. The van der Waals surface area contributed by atoms with Gasteiger partial charge in [0.1, 0.15) is 10.6 Å².